The first-order valence-electron chi connectivity index (χ1n) is 9.44. The largest absolute Gasteiger partial charge is 0.496 e. The average molecular weight is 388 g/mol. The van der Waals surface area contributed by atoms with E-state index in [2.05, 4.69) is 5.32 Å². The van der Waals surface area contributed by atoms with Gasteiger partial charge >= 0.3 is 0 Å². The minimum absolute atomic E-state index is 0.212. The van der Waals surface area contributed by atoms with Crippen LogP contribution < -0.4 is 15.0 Å². The summed E-state index contributed by atoms with van der Waals surface area (Å²) in [5, 5.41) is 2.94. The van der Waals surface area contributed by atoms with Crippen molar-refractivity contribution in [1.82, 2.24) is 5.32 Å². The minimum Gasteiger partial charge on any atom is -0.496 e. The first-order valence-corrected chi connectivity index (χ1v) is 9.44. The number of methoxy groups -OCH3 is 1. The van der Waals surface area contributed by atoms with E-state index in [1.54, 1.807) is 43.4 Å². The smallest absolute Gasteiger partial charge is 0.261 e. The lowest BCUT2D eigenvalue weighted by Crippen LogP contribution is -2.31. The molecular weight excluding hydrogens is 364 g/mol. The van der Waals surface area contributed by atoms with E-state index in [1.807, 2.05) is 42.5 Å². The van der Waals surface area contributed by atoms with Gasteiger partial charge in [0.05, 0.1) is 23.9 Å². The molecule has 0 heterocycles. The zero-order chi connectivity index (χ0) is 20.6. The average Bonchev–Trinajstić information content (AvgIpc) is 2.78. The molecule has 0 saturated carbocycles. The second-order valence-corrected chi connectivity index (χ2v) is 6.57. The van der Waals surface area contributed by atoms with E-state index in [0.29, 0.717) is 29.1 Å². The van der Waals surface area contributed by atoms with Crippen LogP contribution in [0.3, 0.4) is 0 Å². The summed E-state index contributed by atoms with van der Waals surface area (Å²) in [5.74, 6) is 0.0392. The van der Waals surface area contributed by atoms with E-state index in [4.69, 9.17) is 4.74 Å². The maximum atomic E-state index is 13.0. The van der Waals surface area contributed by atoms with Crippen molar-refractivity contribution in [2.24, 2.45) is 0 Å². The molecule has 0 aliphatic carbocycles. The number of ether oxygens (including phenoxy) is 1. The fourth-order valence-electron chi connectivity index (χ4n) is 3.13. The van der Waals surface area contributed by atoms with Crippen LogP contribution >= 0.6 is 0 Å². The first kappa shape index (κ1) is 20.1. The molecule has 5 nitrogen and oxygen atoms in total. The number of carbonyl (C=O) groups is 2. The molecule has 0 aromatic heterocycles. The number of rotatable bonds is 7. The topological polar surface area (TPSA) is 58.6 Å². The van der Waals surface area contributed by atoms with E-state index >= 15 is 0 Å². The van der Waals surface area contributed by atoms with E-state index in [9.17, 15) is 9.59 Å². The molecule has 2 amide bonds. The third-order valence-electron chi connectivity index (χ3n) is 4.69. The zero-order valence-electron chi connectivity index (χ0n) is 16.6. The van der Waals surface area contributed by atoms with Crippen molar-refractivity contribution < 1.29 is 14.3 Å². The lowest BCUT2D eigenvalue weighted by Gasteiger charge is -2.21. The summed E-state index contributed by atoms with van der Waals surface area (Å²) in [4.78, 5) is 27.3. The predicted molar refractivity (Wildman–Crippen MR) is 115 cm³/mol. The molecule has 0 atom stereocenters. The van der Waals surface area contributed by atoms with Crippen molar-refractivity contribution >= 4 is 17.5 Å². The minimum atomic E-state index is -0.244. The van der Waals surface area contributed by atoms with E-state index in [-0.39, 0.29) is 11.8 Å². The van der Waals surface area contributed by atoms with Crippen LogP contribution in [-0.2, 0) is 6.42 Å². The van der Waals surface area contributed by atoms with E-state index in [1.165, 1.54) is 12.0 Å². The van der Waals surface area contributed by atoms with Gasteiger partial charge < -0.3 is 15.0 Å². The second-order valence-electron chi connectivity index (χ2n) is 6.57. The molecule has 3 aromatic rings. The number of hydrogen-bond donors (Lipinski definition) is 1. The van der Waals surface area contributed by atoms with Gasteiger partial charge in [0.15, 0.2) is 0 Å². The van der Waals surface area contributed by atoms with Gasteiger partial charge in [-0.25, -0.2) is 0 Å². The SMILES string of the molecule is COc1ccccc1C(=O)N(C)c1ccccc1C(=O)NCCc1ccccc1. The number of benzene rings is 3. The number of nitrogens with one attached hydrogen (secondary N) is 1. The van der Waals surface area contributed by atoms with E-state index < -0.39 is 0 Å². The molecule has 0 bridgehead atoms. The molecule has 0 aliphatic heterocycles. The van der Waals surface area contributed by atoms with Crippen LogP contribution in [0.25, 0.3) is 0 Å². The predicted octanol–water partition coefficient (Wildman–Crippen LogP) is 3.94. The Bertz CT molecular complexity index is 986. The fourth-order valence-corrected chi connectivity index (χ4v) is 3.13. The fraction of sp³-hybridized carbons (Fsp3) is 0.167. The monoisotopic (exact) mass is 388 g/mol. The van der Waals surface area contributed by atoms with E-state index in [0.717, 1.165) is 12.0 Å². The number of amides is 2. The quantitative estimate of drug-likeness (QED) is 0.667. The van der Waals surface area contributed by atoms with Crippen molar-refractivity contribution in [3.05, 3.63) is 95.6 Å². The lowest BCUT2D eigenvalue weighted by atomic mass is 10.1. The van der Waals surface area contributed by atoms with Gasteiger partial charge in [0, 0.05) is 13.6 Å². The Labute approximate surface area is 170 Å². The van der Waals surface area contributed by atoms with Gasteiger partial charge in [0.2, 0.25) is 0 Å². The summed E-state index contributed by atoms with van der Waals surface area (Å²) in [6.07, 6.45) is 0.741. The molecule has 5 heteroatoms. The molecule has 29 heavy (non-hydrogen) atoms. The summed E-state index contributed by atoms with van der Waals surface area (Å²) in [6.45, 7) is 0.515. The molecule has 0 spiro atoms. The highest BCUT2D eigenvalue weighted by atomic mass is 16.5. The van der Waals surface area contributed by atoms with Gasteiger partial charge in [0.1, 0.15) is 5.75 Å². The summed E-state index contributed by atoms with van der Waals surface area (Å²) in [6, 6.07) is 24.1. The van der Waals surface area contributed by atoms with Gasteiger partial charge in [-0.05, 0) is 36.2 Å². The van der Waals surface area contributed by atoms with Crippen LogP contribution in [0.2, 0.25) is 0 Å². The number of para-hydroxylation sites is 2. The zero-order valence-corrected chi connectivity index (χ0v) is 16.6. The Morgan fingerprint density at radius 3 is 2.21 bits per heavy atom. The summed E-state index contributed by atoms with van der Waals surface area (Å²) < 4.78 is 5.30. The highest BCUT2D eigenvalue weighted by Gasteiger charge is 2.21. The second kappa shape index (κ2) is 9.55. The number of nitrogens with zero attached hydrogens (tertiary/aromatic N) is 1. The Morgan fingerprint density at radius 2 is 1.48 bits per heavy atom. The Morgan fingerprint density at radius 1 is 0.862 bits per heavy atom. The van der Waals surface area contributed by atoms with Gasteiger partial charge in [-0.2, -0.15) is 0 Å². The molecular formula is C24H24N2O3. The van der Waals surface area contributed by atoms with Crippen LogP contribution in [-0.4, -0.2) is 32.5 Å². The summed E-state index contributed by atoms with van der Waals surface area (Å²) >= 11 is 0. The van der Waals surface area contributed by atoms with Crippen LogP contribution in [0.5, 0.6) is 5.75 Å². The maximum Gasteiger partial charge on any atom is 0.261 e. The standard InChI is InChI=1S/C24H24N2O3/c1-26(24(28)20-13-7-9-15-22(20)29-2)21-14-8-6-12-19(21)23(27)25-17-16-18-10-4-3-5-11-18/h3-15H,16-17H2,1-2H3,(H,25,27). The molecule has 0 aliphatic rings. The van der Waals surface area contributed by atoms with Gasteiger partial charge in [-0.3, -0.25) is 9.59 Å². The molecule has 1 N–H and O–H groups in total. The van der Waals surface area contributed by atoms with Crippen LogP contribution in [0, 0.1) is 0 Å². The molecule has 0 fully saturated rings. The van der Waals surface area contributed by atoms with Gasteiger partial charge in [-0.15, -0.1) is 0 Å². The Kier molecular flexibility index (Phi) is 6.63. The number of hydrogen-bond acceptors (Lipinski definition) is 3. The highest BCUT2D eigenvalue weighted by Crippen LogP contribution is 2.25. The lowest BCUT2D eigenvalue weighted by molar-refractivity contribution is 0.0954. The third kappa shape index (κ3) is 4.82. The molecule has 3 rings (SSSR count). The maximum absolute atomic E-state index is 13.0. The molecule has 0 radical (unpaired) electrons. The molecule has 3 aromatic carbocycles. The van der Waals surface area contributed by atoms with Crippen molar-refractivity contribution in [2.75, 3.05) is 25.6 Å². The summed E-state index contributed by atoms with van der Waals surface area (Å²) in [7, 11) is 3.19. The number of carbonyl (C=O) groups excluding carboxylic acids is 2. The third-order valence-corrected chi connectivity index (χ3v) is 4.69. The van der Waals surface area contributed by atoms with Crippen molar-refractivity contribution in [2.45, 2.75) is 6.42 Å². The van der Waals surface area contributed by atoms with Crippen LogP contribution in [0.4, 0.5) is 5.69 Å². The number of anilines is 1. The van der Waals surface area contributed by atoms with Crippen LogP contribution in [0.1, 0.15) is 26.3 Å². The summed E-state index contributed by atoms with van der Waals surface area (Å²) in [5.41, 5.74) is 2.59. The van der Waals surface area contributed by atoms with Crippen LogP contribution in [0.15, 0.2) is 78.9 Å². The molecule has 0 saturated heterocycles. The first-order chi connectivity index (χ1) is 14.1. The Balaban J connectivity index is 1.75. The van der Waals surface area contributed by atoms with Gasteiger partial charge in [0.25, 0.3) is 11.8 Å². The highest BCUT2D eigenvalue weighted by molar-refractivity contribution is 6.11. The van der Waals surface area contributed by atoms with Crippen molar-refractivity contribution in [1.29, 1.82) is 0 Å². The molecule has 148 valence electrons. The normalized spacial score (nSPS) is 10.3. The van der Waals surface area contributed by atoms with Crippen molar-refractivity contribution in [3.63, 3.8) is 0 Å². The molecule has 0 unspecified atom stereocenters. The van der Waals surface area contributed by atoms with Gasteiger partial charge in [-0.1, -0.05) is 54.6 Å². The Hall–Kier alpha value is -3.60. The van der Waals surface area contributed by atoms with Crippen molar-refractivity contribution in [3.8, 4) is 5.75 Å².